The molecule has 3 rings (SSSR count). The Morgan fingerprint density at radius 2 is 1.70 bits per heavy atom. The lowest BCUT2D eigenvalue weighted by Gasteiger charge is -2.39. The molecule has 23 heavy (non-hydrogen) atoms. The maximum atomic E-state index is 3.58. The zero-order chi connectivity index (χ0) is 16.2. The number of anilines is 2. The summed E-state index contributed by atoms with van der Waals surface area (Å²) < 4.78 is 0. The van der Waals surface area contributed by atoms with E-state index in [0.717, 1.165) is 19.6 Å². The van der Waals surface area contributed by atoms with Gasteiger partial charge < -0.3 is 15.1 Å². The first kappa shape index (κ1) is 15.9. The van der Waals surface area contributed by atoms with Crippen molar-refractivity contribution < 1.29 is 0 Å². The smallest absolute Gasteiger partial charge is 0.0485 e. The monoisotopic (exact) mass is 309 g/mol. The lowest BCUT2D eigenvalue weighted by Crippen LogP contribution is -2.50. The first-order valence-electron chi connectivity index (χ1n) is 8.50. The van der Waals surface area contributed by atoms with Crippen molar-refractivity contribution in [2.45, 2.75) is 25.9 Å². The molecule has 2 atom stereocenters. The van der Waals surface area contributed by atoms with E-state index < -0.39 is 0 Å². The molecule has 0 radical (unpaired) electrons. The minimum absolute atomic E-state index is 0.311. The number of hydrogen-bond acceptors (Lipinski definition) is 3. The van der Waals surface area contributed by atoms with Gasteiger partial charge in [0.25, 0.3) is 0 Å². The van der Waals surface area contributed by atoms with E-state index in [4.69, 9.17) is 0 Å². The standard InChI is InChI=1S/C20H27N3/c1-16-15-23(14-13-22(16)3)20-11-9-19(10-12-20)21-17(2)18-7-5-4-6-8-18/h4-12,16-17,21H,13-15H2,1-3H3. The fourth-order valence-electron chi connectivity index (χ4n) is 3.13. The third-order valence-corrected chi connectivity index (χ3v) is 4.87. The molecule has 122 valence electrons. The van der Waals surface area contributed by atoms with E-state index in [1.165, 1.54) is 16.9 Å². The summed E-state index contributed by atoms with van der Waals surface area (Å²) in [5, 5.41) is 3.58. The molecule has 3 heteroatoms. The van der Waals surface area contributed by atoms with Crippen molar-refractivity contribution in [1.82, 2.24) is 4.90 Å². The lowest BCUT2D eigenvalue weighted by atomic mass is 10.1. The van der Waals surface area contributed by atoms with Gasteiger partial charge in [-0.2, -0.15) is 0 Å². The third kappa shape index (κ3) is 3.85. The van der Waals surface area contributed by atoms with Gasteiger partial charge in [-0.05, 0) is 50.7 Å². The molecule has 1 aliphatic rings. The highest BCUT2D eigenvalue weighted by Crippen LogP contribution is 2.23. The van der Waals surface area contributed by atoms with Crippen LogP contribution in [0.5, 0.6) is 0 Å². The summed E-state index contributed by atoms with van der Waals surface area (Å²) in [5.74, 6) is 0. The van der Waals surface area contributed by atoms with E-state index in [0.29, 0.717) is 12.1 Å². The molecule has 1 fully saturated rings. The molecule has 0 spiro atoms. The van der Waals surface area contributed by atoms with Gasteiger partial charge in [0.2, 0.25) is 0 Å². The normalized spacial score (nSPS) is 20.3. The maximum Gasteiger partial charge on any atom is 0.0485 e. The summed E-state index contributed by atoms with van der Waals surface area (Å²) >= 11 is 0. The van der Waals surface area contributed by atoms with E-state index in [1.54, 1.807) is 0 Å². The van der Waals surface area contributed by atoms with Gasteiger partial charge in [0.1, 0.15) is 0 Å². The summed E-state index contributed by atoms with van der Waals surface area (Å²) in [4.78, 5) is 4.91. The van der Waals surface area contributed by atoms with Crippen LogP contribution in [0.15, 0.2) is 54.6 Å². The number of likely N-dealkylation sites (N-methyl/N-ethyl adjacent to an activating group) is 1. The summed E-state index contributed by atoms with van der Waals surface area (Å²) in [6.45, 7) is 7.83. The summed E-state index contributed by atoms with van der Waals surface area (Å²) in [6.07, 6.45) is 0. The SMILES string of the molecule is CC(Nc1ccc(N2CCN(C)C(C)C2)cc1)c1ccccc1. The molecule has 0 bridgehead atoms. The van der Waals surface area contributed by atoms with Crippen molar-refractivity contribution >= 4 is 11.4 Å². The Bertz CT molecular complexity index is 609. The van der Waals surface area contributed by atoms with Crippen molar-refractivity contribution in [1.29, 1.82) is 0 Å². The Morgan fingerprint density at radius 3 is 2.35 bits per heavy atom. The highest BCUT2D eigenvalue weighted by molar-refractivity contribution is 5.56. The fourth-order valence-corrected chi connectivity index (χ4v) is 3.13. The van der Waals surface area contributed by atoms with E-state index in [9.17, 15) is 0 Å². The molecule has 1 N–H and O–H groups in total. The van der Waals surface area contributed by atoms with Crippen molar-refractivity contribution in [3.63, 3.8) is 0 Å². The van der Waals surface area contributed by atoms with Gasteiger partial charge in [0.05, 0.1) is 0 Å². The predicted molar refractivity (Wildman–Crippen MR) is 99.2 cm³/mol. The molecule has 0 aliphatic carbocycles. The minimum atomic E-state index is 0.311. The Balaban J connectivity index is 1.63. The van der Waals surface area contributed by atoms with Crippen LogP contribution in [0.2, 0.25) is 0 Å². The van der Waals surface area contributed by atoms with Crippen LogP contribution in [0.4, 0.5) is 11.4 Å². The Hall–Kier alpha value is -2.00. The second-order valence-electron chi connectivity index (χ2n) is 6.60. The largest absolute Gasteiger partial charge is 0.379 e. The molecule has 1 heterocycles. The summed E-state index contributed by atoms with van der Waals surface area (Å²) in [6, 6.07) is 20.3. The molecule has 1 aliphatic heterocycles. The minimum Gasteiger partial charge on any atom is -0.379 e. The second kappa shape index (κ2) is 7.05. The Labute approximate surface area is 139 Å². The van der Waals surface area contributed by atoms with Crippen molar-refractivity contribution in [2.75, 3.05) is 36.9 Å². The van der Waals surface area contributed by atoms with Gasteiger partial charge in [-0.1, -0.05) is 30.3 Å². The van der Waals surface area contributed by atoms with Crippen LogP contribution >= 0.6 is 0 Å². The molecule has 0 amide bonds. The zero-order valence-corrected chi connectivity index (χ0v) is 14.4. The van der Waals surface area contributed by atoms with Crippen molar-refractivity contribution in [3.8, 4) is 0 Å². The predicted octanol–water partition coefficient (Wildman–Crippen LogP) is 4.00. The zero-order valence-electron chi connectivity index (χ0n) is 14.4. The number of hydrogen-bond donors (Lipinski definition) is 1. The number of rotatable bonds is 4. The van der Waals surface area contributed by atoms with Crippen LogP contribution in [0.3, 0.4) is 0 Å². The second-order valence-corrected chi connectivity index (χ2v) is 6.60. The maximum absolute atomic E-state index is 3.58. The summed E-state index contributed by atoms with van der Waals surface area (Å²) in [7, 11) is 2.21. The van der Waals surface area contributed by atoms with Crippen LogP contribution in [-0.2, 0) is 0 Å². The molecule has 0 aromatic heterocycles. The van der Waals surface area contributed by atoms with Gasteiger partial charge in [-0.3, -0.25) is 0 Å². The number of nitrogens with one attached hydrogen (secondary N) is 1. The Morgan fingerprint density at radius 1 is 1.00 bits per heavy atom. The molecule has 0 saturated carbocycles. The fraction of sp³-hybridized carbons (Fsp3) is 0.400. The third-order valence-electron chi connectivity index (χ3n) is 4.87. The van der Waals surface area contributed by atoms with E-state index in [1.807, 2.05) is 0 Å². The van der Waals surface area contributed by atoms with E-state index >= 15 is 0 Å². The average molecular weight is 309 g/mol. The van der Waals surface area contributed by atoms with E-state index in [2.05, 4.69) is 90.6 Å². The van der Waals surface area contributed by atoms with Gasteiger partial charge in [0.15, 0.2) is 0 Å². The topological polar surface area (TPSA) is 18.5 Å². The number of piperazine rings is 1. The van der Waals surface area contributed by atoms with Crippen LogP contribution in [0, 0.1) is 0 Å². The first-order chi connectivity index (χ1) is 11.1. The van der Waals surface area contributed by atoms with Gasteiger partial charge in [0, 0.05) is 43.1 Å². The molecule has 2 unspecified atom stereocenters. The van der Waals surface area contributed by atoms with Crippen LogP contribution in [0.25, 0.3) is 0 Å². The van der Waals surface area contributed by atoms with Crippen LogP contribution in [-0.4, -0.2) is 37.6 Å². The van der Waals surface area contributed by atoms with Crippen molar-refractivity contribution in [3.05, 3.63) is 60.2 Å². The lowest BCUT2D eigenvalue weighted by molar-refractivity contribution is 0.234. The highest BCUT2D eigenvalue weighted by Gasteiger charge is 2.20. The van der Waals surface area contributed by atoms with E-state index in [-0.39, 0.29) is 0 Å². The molecular weight excluding hydrogens is 282 g/mol. The van der Waals surface area contributed by atoms with Crippen LogP contribution in [0.1, 0.15) is 25.5 Å². The quantitative estimate of drug-likeness (QED) is 0.921. The Kier molecular flexibility index (Phi) is 4.87. The van der Waals surface area contributed by atoms with Crippen molar-refractivity contribution in [2.24, 2.45) is 0 Å². The van der Waals surface area contributed by atoms with Gasteiger partial charge >= 0.3 is 0 Å². The van der Waals surface area contributed by atoms with Gasteiger partial charge in [-0.15, -0.1) is 0 Å². The molecule has 2 aromatic rings. The highest BCUT2D eigenvalue weighted by atomic mass is 15.3. The molecule has 1 saturated heterocycles. The van der Waals surface area contributed by atoms with Gasteiger partial charge in [-0.25, -0.2) is 0 Å². The summed E-state index contributed by atoms with van der Waals surface area (Å²) in [5.41, 5.74) is 3.81. The molecule has 2 aromatic carbocycles. The average Bonchev–Trinajstić information content (AvgIpc) is 2.59. The number of benzene rings is 2. The molecular formula is C20H27N3. The first-order valence-corrected chi connectivity index (χ1v) is 8.50. The number of nitrogens with zero attached hydrogens (tertiary/aromatic N) is 2. The molecule has 3 nitrogen and oxygen atoms in total. The van der Waals surface area contributed by atoms with Crippen LogP contribution < -0.4 is 10.2 Å².